The SMILES string of the molecule is Nc1cc(Oc2ccc(NC(=O)c3cn(CC4CC4)c(=O)n(-c4ccc(F)cc4)c3=O)cc2F)ccn1. The van der Waals surface area contributed by atoms with E-state index in [1.165, 1.54) is 53.4 Å². The fourth-order valence-electron chi connectivity index (χ4n) is 3.76. The fourth-order valence-corrected chi connectivity index (χ4v) is 3.76. The van der Waals surface area contributed by atoms with Crippen LogP contribution in [0.3, 0.4) is 0 Å². The Morgan fingerprint density at radius 1 is 1.08 bits per heavy atom. The molecule has 37 heavy (non-hydrogen) atoms. The zero-order chi connectivity index (χ0) is 26.1. The average molecular weight is 505 g/mol. The number of aromatic nitrogens is 3. The molecule has 3 N–H and O–H groups in total. The molecule has 0 aliphatic heterocycles. The second-order valence-electron chi connectivity index (χ2n) is 8.66. The van der Waals surface area contributed by atoms with Crippen molar-refractivity contribution in [3.8, 4) is 17.2 Å². The van der Waals surface area contributed by atoms with Crippen LogP contribution in [0.4, 0.5) is 20.3 Å². The third-order valence-corrected chi connectivity index (χ3v) is 5.81. The van der Waals surface area contributed by atoms with Gasteiger partial charge < -0.3 is 15.8 Å². The normalized spacial score (nSPS) is 12.8. The van der Waals surface area contributed by atoms with Crippen molar-refractivity contribution in [3.63, 3.8) is 0 Å². The number of ether oxygens (including phenoxy) is 1. The molecule has 11 heteroatoms. The number of rotatable bonds is 7. The monoisotopic (exact) mass is 505 g/mol. The molecule has 1 aliphatic rings. The van der Waals surface area contributed by atoms with Gasteiger partial charge in [0.25, 0.3) is 11.5 Å². The van der Waals surface area contributed by atoms with Gasteiger partial charge in [-0.1, -0.05) is 0 Å². The van der Waals surface area contributed by atoms with Gasteiger partial charge in [0.2, 0.25) is 0 Å². The predicted molar refractivity (Wildman–Crippen MR) is 132 cm³/mol. The number of nitrogens with zero attached hydrogens (tertiary/aromatic N) is 3. The quantitative estimate of drug-likeness (QED) is 0.395. The Hall–Kier alpha value is -4.80. The number of hydrogen-bond donors (Lipinski definition) is 2. The summed E-state index contributed by atoms with van der Waals surface area (Å²) in [5.74, 6) is -1.49. The van der Waals surface area contributed by atoms with E-state index < -0.39 is 28.8 Å². The molecular weight excluding hydrogens is 484 g/mol. The Kier molecular flexibility index (Phi) is 6.26. The summed E-state index contributed by atoms with van der Waals surface area (Å²) in [6, 6.07) is 11.5. The van der Waals surface area contributed by atoms with Crippen molar-refractivity contribution in [2.75, 3.05) is 11.1 Å². The highest BCUT2D eigenvalue weighted by Gasteiger charge is 2.25. The second-order valence-corrected chi connectivity index (χ2v) is 8.66. The lowest BCUT2D eigenvalue weighted by molar-refractivity contribution is 0.102. The number of halogens is 2. The topological polar surface area (TPSA) is 121 Å². The number of nitrogens with one attached hydrogen (secondary N) is 1. The molecule has 1 fully saturated rings. The molecule has 1 saturated carbocycles. The van der Waals surface area contributed by atoms with Crippen LogP contribution in [0.2, 0.25) is 0 Å². The number of hydrogen-bond acceptors (Lipinski definition) is 6. The lowest BCUT2D eigenvalue weighted by atomic mass is 10.2. The van der Waals surface area contributed by atoms with Gasteiger partial charge >= 0.3 is 5.69 Å². The Bertz CT molecular complexity index is 1610. The van der Waals surface area contributed by atoms with Gasteiger partial charge in [-0.05, 0) is 61.2 Å². The summed E-state index contributed by atoms with van der Waals surface area (Å²) in [5.41, 5.74) is 3.96. The van der Waals surface area contributed by atoms with Gasteiger partial charge in [0.15, 0.2) is 11.6 Å². The van der Waals surface area contributed by atoms with Gasteiger partial charge in [-0.15, -0.1) is 0 Å². The largest absolute Gasteiger partial charge is 0.454 e. The highest BCUT2D eigenvalue weighted by atomic mass is 19.1. The van der Waals surface area contributed by atoms with Crippen LogP contribution in [0.15, 0.2) is 76.6 Å². The van der Waals surface area contributed by atoms with Crippen LogP contribution in [0.5, 0.6) is 11.5 Å². The van der Waals surface area contributed by atoms with Crippen LogP contribution in [-0.4, -0.2) is 20.0 Å². The molecule has 1 amide bonds. The minimum Gasteiger partial charge on any atom is -0.454 e. The van der Waals surface area contributed by atoms with E-state index in [2.05, 4.69) is 10.3 Å². The molecule has 188 valence electrons. The molecule has 0 bridgehead atoms. The van der Waals surface area contributed by atoms with Crippen molar-refractivity contribution in [2.45, 2.75) is 19.4 Å². The zero-order valence-corrected chi connectivity index (χ0v) is 19.4. The molecule has 9 nitrogen and oxygen atoms in total. The first-order chi connectivity index (χ1) is 17.8. The number of carbonyl (C=O) groups excluding carboxylic acids is 1. The molecule has 0 unspecified atom stereocenters. The molecule has 4 aromatic rings. The Labute approximate surface area is 208 Å². The number of nitrogens with two attached hydrogens (primary N) is 1. The van der Waals surface area contributed by atoms with E-state index >= 15 is 0 Å². The van der Waals surface area contributed by atoms with Crippen LogP contribution in [0, 0.1) is 17.6 Å². The van der Waals surface area contributed by atoms with Crippen LogP contribution in [0.1, 0.15) is 23.2 Å². The molecule has 5 rings (SSSR count). The smallest absolute Gasteiger partial charge is 0.335 e. The summed E-state index contributed by atoms with van der Waals surface area (Å²) < 4.78 is 35.7. The van der Waals surface area contributed by atoms with E-state index in [-0.39, 0.29) is 40.2 Å². The van der Waals surface area contributed by atoms with Crippen molar-refractivity contribution >= 4 is 17.4 Å². The molecule has 1 aliphatic carbocycles. The summed E-state index contributed by atoms with van der Waals surface area (Å²) in [6.07, 6.45) is 4.49. The van der Waals surface area contributed by atoms with E-state index in [0.717, 1.165) is 35.6 Å². The van der Waals surface area contributed by atoms with Crippen LogP contribution < -0.4 is 27.0 Å². The molecule has 0 atom stereocenters. The Morgan fingerprint density at radius 2 is 1.84 bits per heavy atom. The minimum absolute atomic E-state index is 0.0665. The standard InChI is InChI=1S/C26H21F2N5O4/c27-16-3-6-18(7-4-16)33-25(35)20(14-32(26(33)36)13-15-1-2-15)24(34)31-17-5-8-22(21(28)11-17)37-19-9-10-30-23(29)12-19/h3-12,14-15H,1-2,13H2,(H2,29,30)(H,31,34). The molecule has 0 radical (unpaired) electrons. The van der Waals surface area contributed by atoms with Gasteiger partial charge in [0, 0.05) is 36.8 Å². The maximum atomic E-state index is 14.7. The third-order valence-electron chi connectivity index (χ3n) is 5.81. The second kappa shape index (κ2) is 9.69. The molecule has 2 heterocycles. The van der Waals surface area contributed by atoms with Crippen LogP contribution in [-0.2, 0) is 6.54 Å². The summed E-state index contributed by atoms with van der Waals surface area (Å²) in [5, 5.41) is 2.49. The molecule has 0 saturated heterocycles. The molecule has 0 spiro atoms. The number of pyridine rings is 1. The minimum atomic E-state index is -0.878. The molecular formula is C26H21F2N5O4. The summed E-state index contributed by atoms with van der Waals surface area (Å²) >= 11 is 0. The van der Waals surface area contributed by atoms with Crippen molar-refractivity contribution in [1.29, 1.82) is 0 Å². The lowest BCUT2D eigenvalue weighted by Crippen LogP contribution is -2.42. The van der Waals surface area contributed by atoms with Gasteiger partial charge in [-0.25, -0.2) is 23.1 Å². The maximum Gasteiger partial charge on any atom is 0.335 e. The Balaban J connectivity index is 1.45. The number of nitrogen functional groups attached to an aromatic ring is 1. The number of benzene rings is 2. The number of amides is 1. The maximum absolute atomic E-state index is 14.7. The van der Waals surface area contributed by atoms with Crippen molar-refractivity contribution < 1.29 is 18.3 Å². The van der Waals surface area contributed by atoms with E-state index in [4.69, 9.17) is 10.5 Å². The number of carbonyl (C=O) groups is 1. The number of anilines is 2. The summed E-state index contributed by atoms with van der Waals surface area (Å²) in [4.78, 5) is 43.2. The van der Waals surface area contributed by atoms with Crippen molar-refractivity contribution in [2.24, 2.45) is 5.92 Å². The van der Waals surface area contributed by atoms with Crippen molar-refractivity contribution in [3.05, 3.63) is 105 Å². The first kappa shape index (κ1) is 23.9. The first-order valence-electron chi connectivity index (χ1n) is 11.4. The summed E-state index contributed by atoms with van der Waals surface area (Å²) in [7, 11) is 0. The van der Waals surface area contributed by atoms with Crippen LogP contribution >= 0.6 is 0 Å². The van der Waals surface area contributed by atoms with Crippen LogP contribution in [0.25, 0.3) is 5.69 Å². The summed E-state index contributed by atoms with van der Waals surface area (Å²) in [6.45, 7) is 0.334. The van der Waals surface area contributed by atoms with Gasteiger partial charge in [0.05, 0.1) is 5.69 Å². The molecule has 2 aromatic heterocycles. The van der Waals surface area contributed by atoms with Gasteiger partial charge in [-0.2, -0.15) is 0 Å². The molecule has 2 aromatic carbocycles. The highest BCUT2D eigenvalue weighted by molar-refractivity contribution is 6.03. The predicted octanol–water partition coefficient (Wildman–Crippen LogP) is 3.71. The van der Waals surface area contributed by atoms with Gasteiger partial charge in [-0.3, -0.25) is 14.2 Å². The zero-order valence-electron chi connectivity index (χ0n) is 19.4. The van der Waals surface area contributed by atoms with E-state index in [1.54, 1.807) is 0 Å². The van der Waals surface area contributed by atoms with Gasteiger partial charge in [0.1, 0.15) is 22.9 Å². The fraction of sp³-hybridized carbons (Fsp3) is 0.154. The lowest BCUT2D eigenvalue weighted by Gasteiger charge is -2.14. The van der Waals surface area contributed by atoms with E-state index in [0.29, 0.717) is 6.54 Å². The Morgan fingerprint density at radius 3 is 2.51 bits per heavy atom. The third kappa shape index (κ3) is 5.25. The van der Waals surface area contributed by atoms with Crippen molar-refractivity contribution in [1.82, 2.24) is 14.1 Å². The van der Waals surface area contributed by atoms with E-state index in [9.17, 15) is 23.2 Å². The first-order valence-corrected chi connectivity index (χ1v) is 11.4. The average Bonchev–Trinajstić information content (AvgIpc) is 3.68. The highest BCUT2D eigenvalue weighted by Crippen LogP contribution is 2.30. The van der Waals surface area contributed by atoms with E-state index in [1.807, 2.05) is 0 Å².